The molecule has 1 fully saturated rings. The van der Waals surface area contributed by atoms with Crippen molar-refractivity contribution in [3.8, 4) is 0 Å². The Labute approximate surface area is 148 Å². The van der Waals surface area contributed by atoms with Gasteiger partial charge in [0.1, 0.15) is 5.41 Å². The van der Waals surface area contributed by atoms with E-state index in [1.807, 2.05) is 54.6 Å². The molecule has 2 amide bonds. The Morgan fingerprint density at radius 2 is 1.40 bits per heavy atom. The third-order valence-corrected chi connectivity index (χ3v) is 4.63. The van der Waals surface area contributed by atoms with E-state index in [0.29, 0.717) is 18.5 Å². The molecule has 0 unspecified atom stereocenters. The molecule has 130 valence electrons. The minimum Gasteiger partial charge on any atom is -0.325 e. The topological polar surface area (TPSA) is 58.2 Å². The van der Waals surface area contributed by atoms with Crippen LogP contribution in [0, 0.1) is 5.41 Å². The molecule has 0 radical (unpaired) electrons. The van der Waals surface area contributed by atoms with E-state index < -0.39 is 5.41 Å². The standard InChI is InChI=1S/C21H24N2O2/c1-20(2,3)16-11-7-8-12-17(16)23-19(25)21(13-14-21)18(24)22-15-9-5-4-6-10-15/h4-12H,13-14H2,1-3H3,(H,22,24)(H,23,25). The van der Waals surface area contributed by atoms with Gasteiger partial charge in [0.15, 0.2) is 0 Å². The van der Waals surface area contributed by atoms with Gasteiger partial charge in [0, 0.05) is 11.4 Å². The quantitative estimate of drug-likeness (QED) is 0.816. The molecule has 1 aliphatic rings. The zero-order valence-corrected chi connectivity index (χ0v) is 14.9. The van der Waals surface area contributed by atoms with Crippen LogP contribution < -0.4 is 10.6 Å². The molecule has 2 N–H and O–H groups in total. The number of carbonyl (C=O) groups is 2. The summed E-state index contributed by atoms with van der Waals surface area (Å²) in [4.78, 5) is 25.5. The normalized spacial score (nSPS) is 15.3. The molecule has 0 spiro atoms. The Kier molecular flexibility index (Phi) is 4.38. The number of nitrogens with one attached hydrogen (secondary N) is 2. The number of benzene rings is 2. The molecule has 25 heavy (non-hydrogen) atoms. The average molecular weight is 336 g/mol. The lowest BCUT2D eigenvalue weighted by molar-refractivity contribution is -0.131. The summed E-state index contributed by atoms with van der Waals surface area (Å²) in [7, 11) is 0. The largest absolute Gasteiger partial charge is 0.325 e. The van der Waals surface area contributed by atoms with Crippen LogP contribution in [0.4, 0.5) is 11.4 Å². The predicted molar refractivity (Wildman–Crippen MR) is 101 cm³/mol. The van der Waals surface area contributed by atoms with Gasteiger partial charge in [-0.1, -0.05) is 57.2 Å². The van der Waals surface area contributed by atoms with Gasteiger partial charge in [-0.15, -0.1) is 0 Å². The molecule has 2 aromatic carbocycles. The number of para-hydroxylation sites is 2. The molecule has 3 rings (SSSR count). The second kappa shape index (κ2) is 6.36. The molecule has 1 saturated carbocycles. The van der Waals surface area contributed by atoms with Gasteiger partial charge in [-0.05, 0) is 42.0 Å². The molecular formula is C21H24N2O2. The van der Waals surface area contributed by atoms with E-state index in [2.05, 4.69) is 31.4 Å². The number of carbonyl (C=O) groups excluding carboxylic acids is 2. The van der Waals surface area contributed by atoms with Crippen molar-refractivity contribution in [1.82, 2.24) is 0 Å². The van der Waals surface area contributed by atoms with Crippen LogP contribution in [-0.2, 0) is 15.0 Å². The number of rotatable bonds is 4. The van der Waals surface area contributed by atoms with Crippen molar-refractivity contribution in [2.24, 2.45) is 5.41 Å². The predicted octanol–water partition coefficient (Wildman–Crippen LogP) is 4.34. The molecule has 2 aromatic rings. The number of amides is 2. The summed E-state index contributed by atoms with van der Waals surface area (Å²) in [6.45, 7) is 6.31. The summed E-state index contributed by atoms with van der Waals surface area (Å²) in [5, 5.41) is 5.84. The molecule has 0 aromatic heterocycles. The zero-order chi connectivity index (χ0) is 18.1. The lowest BCUT2D eigenvalue weighted by Crippen LogP contribution is -2.36. The van der Waals surface area contributed by atoms with Gasteiger partial charge >= 0.3 is 0 Å². The fourth-order valence-electron chi connectivity index (χ4n) is 2.94. The van der Waals surface area contributed by atoms with Crippen LogP contribution >= 0.6 is 0 Å². The maximum atomic E-state index is 12.8. The van der Waals surface area contributed by atoms with Crippen molar-refractivity contribution < 1.29 is 9.59 Å². The maximum absolute atomic E-state index is 12.8. The molecule has 4 heteroatoms. The lowest BCUT2D eigenvalue weighted by Gasteiger charge is -2.24. The molecule has 0 bridgehead atoms. The lowest BCUT2D eigenvalue weighted by atomic mass is 9.85. The monoisotopic (exact) mass is 336 g/mol. The minimum absolute atomic E-state index is 0.0904. The Morgan fingerprint density at radius 3 is 2.00 bits per heavy atom. The number of anilines is 2. The Hall–Kier alpha value is -2.62. The highest BCUT2D eigenvalue weighted by atomic mass is 16.2. The van der Waals surface area contributed by atoms with E-state index in [-0.39, 0.29) is 17.2 Å². The van der Waals surface area contributed by atoms with Gasteiger partial charge in [-0.25, -0.2) is 0 Å². The zero-order valence-electron chi connectivity index (χ0n) is 14.9. The first-order valence-corrected chi connectivity index (χ1v) is 8.60. The highest BCUT2D eigenvalue weighted by molar-refractivity contribution is 6.17. The van der Waals surface area contributed by atoms with Gasteiger partial charge in [0.25, 0.3) is 0 Å². The number of hydrogen-bond donors (Lipinski definition) is 2. The van der Waals surface area contributed by atoms with Gasteiger partial charge in [-0.3, -0.25) is 9.59 Å². The molecular weight excluding hydrogens is 312 g/mol. The first kappa shape index (κ1) is 17.2. The van der Waals surface area contributed by atoms with Crippen molar-refractivity contribution in [2.75, 3.05) is 10.6 Å². The SMILES string of the molecule is CC(C)(C)c1ccccc1NC(=O)C1(C(=O)Nc2ccccc2)CC1. The first-order valence-electron chi connectivity index (χ1n) is 8.60. The highest BCUT2D eigenvalue weighted by Gasteiger charge is 2.56. The van der Waals surface area contributed by atoms with Crippen LogP contribution in [0.25, 0.3) is 0 Å². The summed E-state index contributed by atoms with van der Waals surface area (Å²) in [5.41, 5.74) is 1.50. The second-order valence-electron chi connectivity index (χ2n) is 7.65. The van der Waals surface area contributed by atoms with Gasteiger partial charge < -0.3 is 10.6 Å². The number of hydrogen-bond acceptors (Lipinski definition) is 2. The Morgan fingerprint density at radius 1 is 0.840 bits per heavy atom. The van der Waals surface area contributed by atoms with Gasteiger partial charge in [0.2, 0.25) is 11.8 Å². The summed E-state index contributed by atoms with van der Waals surface area (Å²) in [5.74, 6) is -0.456. The van der Waals surface area contributed by atoms with E-state index in [9.17, 15) is 9.59 Å². The maximum Gasteiger partial charge on any atom is 0.240 e. The fourth-order valence-corrected chi connectivity index (χ4v) is 2.94. The van der Waals surface area contributed by atoms with Crippen LogP contribution in [0.15, 0.2) is 54.6 Å². The van der Waals surface area contributed by atoms with Crippen molar-refractivity contribution in [1.29, 1.82) is 0 Å². The molecule has 1 aliphatic carbocycles. The Balaban J connectivity index is 1.77. The third-order valence-electron chi connectivity index (χ3n) is 4.63. The van der Waals surface area contributed by atoms with Crippen molar-refractivity contribution in [3.05, 3.63) is 60.2 Å². The third kappa shape index (κ3) is 3.58. The highest BCUT2D eigenvalue weighted by Crippen LogP contribution is 2.48. The van der Waals surface area contributed by atoms with E-state index in [4.69, 9.17) is 0 Å². The minimum atomic E-state index is -0.958. The molecule has 0 atom stereocenters. The van der Waals surface area contributed by atoms with Crippen molar-refractivity contribution in [2.45, 2.75) is 39.0 Å². The van der Waals surface area contributed by atoms with E-state index in [0.717, 1.165) is 11.3 Å². The summed E-state index contributed by atoms with van der Waals surface area (Å²) < 4.78 is 0. The van der Waals surface area contributed by atoms with Crippen molar-refractivity contribution >= 4 is 23.2 Å². The van der Waals surface area contributed by atoms with Gasteiger partial charge in [-0.2, -0.15) is 0 Å². The summed E-state index contributed by atoms with van der Waals surface area (Å²) >= 11 is 0. The molecule has 0 saturated heterocycles. The Bertz CT molecular complexity index is 787. The molecule has 0 aliphatic heterocycles. The summed E-state index contributed by atoms with van der Waals surface area (Å²) in [6, 6.07) is 17.0. The van der Waals surface area contributed by atoms with E-state index in [1.165, 1.54) is 0 Å². The molecule has 4 nitrogen and oxygen atoms in total. The fraction of sp³-hybridized carbons (Fsp3) is 0.333. The van der Waals surface area contributed by atoms with Crippen LogP contribution in [0.3, 0.4) is 0 Å². The first-order chi connectivity index (χ1) is 11.8. The summed E-state index contributed by atoms with van der Waals surface area (Å²) in [6.07, 6.45) is 1.16. The average Bonchev–Trinajstić information content (AvgIpc) is 3.37. The van der Waals surface area contributed by atoms with Crippen LogP contribution in [0.5, 0.6) is 0 Å². The van der Waals surface area contributed by atoms with Crippen LogP contribution in [-0.4, -0.2) is 11.8 Å². The van der Waals surface area contributed by atoms with Gasteiger partial charge in [0.05, 0.1) is 0 Å². The van der Waals surface area contributed by atoms with Crippen LogP contribution in [0.1, 0.15) is 39.2 Å². The van der Waals surface area contributed by atoms with E-state index in [1.54, 1.807) is 0 Å². The van der Waals surface area contributed by atoms with Crippen LogP contribution in [0.2, 0.25) is 0 Å². The smallest absolute Gasteiger partial charge is 0.240 e. The second-order valence-corrected chi connectivity index (χ2v) is 7.65. The molecule has 0 heterocycles. The van der Waals surface area contributed by atoms with Crippen molar-refractivity contribution in [3.63, 3.8) is 0 Å². The van der Waals surface area contributed by atoms with E-state index >= 15 is 0 Å².